The number of benzene rings is 1. The van der Waals surface area contributed by atoms with Crippen LogP contribution in [-0.4, -0.2) is 33.1 Å². The minimum Gasteiger partial charge on any atom is -0.378 e. The van der Waals surface area contributed by atoms with Gasteiger partial charge in [-0.25, -0.2) is 0 Å². The summed E-state index contributed by atoms with van der Waals surface area (Å²) in [6, 6.07) is 4.23. The predicted molar refractivity (Wildman–Crippen MR) is 89.4 cm³/mol. The van der Waals surface area contributed by atoms with Crippen molar-refractivity contribution in [2.75, 3.05) is 33.1 Å². The maximum Gasteiger partial charge on any atom is 0.107 e. The van der Waals surface area contributed by atoms with Gasteiger partial charge in [0.05, 0.1) is 0 Å². The van der Waals surface area contributed by atoms with E-state index in [2.05, 4.69) is 46.2 Å². The van der Waals surface area contributed by atoms with Crippen LogP contribution in [0.2, 0.25) is 0 Å². The Balaban J connectivity index is 2.48. The summed E-state index contributed by atoms with van der Waals surface area (Å²) in [7, 11) is 8.11. The third-order valence-corrected chi connectivity index (χ3v) is 3.99. The third-order valence-electron chi connectivity index (χ3n) is 3.99. The van der Waals surface area contributed by atoms with E-state index in [-0.39, 0.29) is 6.54 Å². The molecule has 4 nitrogen and oxygen atoms in total. The number of anilines is 1. The van der Waals surface area contributed by atoms with Crippen molar-refractivity contribution in [1.29, 1.82) is 0 Å². The first-order chi connectivity index (χ1) is 9.95. The first-order valence-electron chi connectivity index (χ1n) is 7.13. The first kappa shape index (κ1) is 15.3. The van der Waals surface area contributed by atoms with Gasteiger partial charge in [-0.3, -0.25) is 0 Å². The molecular formula is C17H23N3O. The van der Waals surface area contributed by atoms with E-state index in [1.165, 1.54) is 11.3 Å². The predicted octanol–water partition coefficient (Wildman–Crippen LogP) is 3.56. The molecule has 21 heavy (non-hydrogen) atoms. The van der Waals surface area contributed by atoms with Crippen molar-refractivity contribution >= 4 is 11.3 Å². The Hall–Kier alpha value is -2.10. The van der Waals surface area contributed by atoms with Gasteiger partial charge in [0.1, 0.15) is 6.54 Å². The van der Waals surface area contributed by atoms with E-state index in [0.29, 0.717) is 0 Å². The SMILES string of the molecule is Cc1c(N(C)C)ccc(C2=CC(N(C)C)=CC2)c1CN=O. The number of likely N-dealkylation sites (N-methyl/N-ethyl adjacent to an activating group) is 1. The molecule has 4 heteroatoms. The molecule has 0 atom stereocenters. The molecular weight excluding hydrogens is 262 g/mol. The van der Waals surface area contributed by atoms with Crippen molar-refractivity contribution < 1.29 is 0 Å². The number of rotatable bonds is 5. The van der Waals surface area contributed by atoms with Gasteiger partial charge in [-0.1, -0.05) is 17.3 Å². The molecule has 0 bridgehead atoms. The lowest BCUT2D eigenvalue weighted by Gasteiger charge is -2.20. The van der Waals surface area contributed by atoms with Gasteiger partial charge in [0, 0.05) is 39.6 Å². The van der Waals surface area contributed by atoms with E-state index >= 15 is 0 Å². The van der Waals surface area contributed by atoms with Crippen molar-refractivity contribution in [1.82, 2.24) is 4.90 Å². The summed E-state index contributed by atoms with van der Waals surface area (Å²) in [6.07, 6.45) is 5.31. The number of hydrogen-bond donors (Lipinski definition) is 0. The summed E-state index contributed by atoms with van der Waals surface area (Å²) in [6.45, 7) is 2.28. The minimum atomic E-state index is 0.220. The molecule has 0 aliphatic heterocycles. The fraction of sp³-hybridized carbons (Fsp3) is 0.412. The fourth-order valence-electron chi connectivity index (χ4n) is 2.81. The standard InChI is InChI=1S/C17H23N3O/c1-12-16(11-18-21)15(8-9-17(12)20(4)5)13-6-7-14(10-13)19(2)3/h7-10H,6,11H2,1-5H3. The number of allylic oxidation sites excluding steroid dienone is 3. The maximum absolute atomic E-state index is 10.8. The lowest BCUT2D eigenvalue weighted by Crippen LogP contribution is -2.12. The number of nitroso groups, excluding NO2 is 1. The molecule has 0 spiro atoms. The zero-order chi connectivity index (χ0) is 15.6. The van der Waals surface area contributed by atoms with Crippen LogP contribution in [0.1, 0.15) is 23.1 Å². The van der Waals surface area contributed by atoms with Crippen LogP contribution in [0, 0.1) is 11.8 Å². The normalized spacial score (nSPS) is 13.8. The second-order valence-electron chi connectivity index (χ2n) is 5.81. The van der Waals surface area contributed by atoms with Gasteiger partial charge in [0.25, 0.3) is 0 Å². The van der Waals surface area contributed by atoms with Gasteiger partial charge in [0.15, 0.2) is 0 Å². The van der Waals surface area contributed by atoms with Gasteiger partial charge in [-0.2, -0.15) is 4.91 Å². The molecule has 2 rings (SSSR count). The summed E-state index contributed by atoms with van der Waals surface area (Å²) in [5.74, 6) is 0. The Morgan fingerprint density at radius 3 is 2.38 bits per heavy atom. The van der Waals surface area contributed by atoms with Gasteiger partial charge >= 0.3 is 0 Å². The highest BCUT2D eigenvalue weighted by Crippen LogP contribution is 2.34. The number of nitrogens with zero attached hydrogens (tertiary/aromatic N) is 3. The number of hydrogen-bond acceptors (Lipinski definition) is 4. The summed E-state index contributed by atoms with van der Waals surface area (Å²) in [5.41, 5.74) is 6.92. The van der Waals surface area contributed by atoms with E-state index in [0.717, 1.165) is 28.8 Å². The second kappa shape index (κ2) is 6.12. The molecule has 0 unspecified atom stereocenters. The Labute approximate surface area is 126 Å². The highest BCUT2D eigenvalue weighted by Gasteiger charge is 2.17. The van der Waals surface area contributed by atoms with E-state index in [1.807, 2.05) is 28.2 Å². The van der Waals surface area contributed by atoms with Crippen molar-refractivity contribution in [3.8, 4) is 0 Å². The molecule has 1 aliphatic carbocycles. The average molecular weight is 285 g/mol. The Bertz CT molecular complexity index is 613. The molecule has 0 amide bonds. The van der Waals surface area contributed by atoms with Gasteiger partial charge in [-0.15, -0.1) is 0 Å². The molecule has 1 aromatic rings. The van der Waals surface area contributed by atoms with Crippen LogP contribution in [0.4, 0.5) is 5.69 Å². The van der Waals surface area contributed by atoms with Crippen molar-refractivity contribution in [2.45, 2.75) is 19.9 Å². The average Bonchev–Trinajstić information content (AvgIpc) is 2.90. The summed E-state index contributed by atoms with van der Waals surface area (Å²) < 4.78 is 0. The van der Waals surface area contributed by atoms with Gasteiger partial charge in [-0.05, 0) is 47.8 Å². The van der Waals surface area contributed by atoms with Crippen molar-refractivity contribution in [3.63, 3.8) is 0 Å². The van der Waals surface area contributed by atoms with Crippen LogP contribution in [0.5, 0.6) is 0 Å². The van der Waals surface area contributed by atoms with Gasteiger partial charge in [0.2, 0.25) is 0 Å². The van der Waals surface area contributed by atoms with E-state index in [9.17, 15) is 4.91 Å². The van der Waals surface area contributed by atoms with Crippen LogP contribution in [0.3, 0.4) is 0 Å². The molecule has 0 saturated carbocycles. The van der Waals surface area contributed by atoms with Crippen LogP contribution >= 0.6 is 0 Å². The van der Waals surface area contributed by atoms with Crippen molar-refractivity contribution in [2.24, 2.45) is 5.18 Å². The molecule has 1 aromatic carbocycles. The molecule has 0 heterocycles. The largest absolute Gasteiger partial charge is 0.378 e. The second-order valence-corrected chi connectivity index (χ2v) is 5.81. The van der Waals surface area contributed by atoms with Crippen LogP contribution in [0.15, 0.2) is 35.2 Å². The van der Waals surface area contributed by atoms with Crippen LogP contribution < -0.4 is 4.90 Å². The zero-order valence-corrected chi connectivity index (χ0v) is 13.5. The smallest absolute Gasteiger partial charge is 0.107 e. The Morgan fingerprint density at radius 2 is 1.86 bits per heavy atom. The van der Waals surface area contributed by atoms with E-state index < -0.39 is 0 Å². The third kappa shape index (κ3) is 2.99. The molecule has 0 saturated heterocycles. The molecule has 112 valence electrons. The molecule has 0 fully saturated rings. The minimum absolute atomic E-state index is 0.220. The molecule has 0 N–H and O–H groups in total. The highest BCUT2D eigenvalue weighted by atomic mass is 16.3. The monoisotopic (exact) mass is 285 g/mol. The Morgan fingerprint density at radius 1 is 1.14 bits per heavy atom. The van der Waals surface area contributed by atoms with E-state index in [1.54, 1.807) is 0 Å². The summed E-state index contributed by atoms with van der Waals surface area (Å²) >= 11 is 0. The highest BCUT2D eigenvalue weighted by molar-refractivity contribution is 5.77. The quantitative estimate of drug-likeness (QED) is 0.776. The lowest BCUT2D eigenvalue weighted by atomic mass is 9.94. The van der Waals surface area contributed by atoms with E-state index in [4.69, 9.17) is 0 Å². The van der Waals surface area contributed by atoms with Crippen LogP contribution in [-0.2, 0) is 6.54 Å². The molecule has 0 aromatic heterocycles. The summed E-state index contributed by atoms with van der Waals surface area (Å²) in [5, 5.41) is 3.13. The lowest BCUT2D eigenvalue weighted by molar-refractivity contribution is 0.531. The topological polar surface area (TPSA) is 35.9 Å². The van der Waals surface area contributed by atoms with Gasteiger partial charge < -0.3 is 9.80 Å². The first-order valence-corrected chi connectivity index (χ1v) is 7.13. The summed E-state index contributed by atoms with van der Waals surface area (Å²) in [4.78, 5) is 15.0. The fourth-order valence-corrected chi connectivity index (χ4v) is 2.81. The maximum atomic E-state index is 10.8. The molecule has 0 radical (unpaired) electrons. The van der Waals surface area contributed by atoms with Crippen LogP contribution in [0.25, 0.3) is 5.57 Å². The Kier molecular flexibility index (Phi) is 4.46. The zero-order valence-electron chi connectivity index (χ0n) is 13.5. The van der Waals surface area contributed by atoms with Crippen molar-refractivity contribution in [3.05, 3.63) is 51.6 Å². The molecule has 1 aliphatic rings.